The summed E-state index contributed by atoms with van der Waals surface area (Å²) in [5.74, 6) is 0.0154. The molecule has 0 atom stereocenters. The van der Waals surface area contributed by atoms with Gasteiger partial charge in [-0.05, 0) is 18.4 Å². The highest BCUT2D eigenvalue weighted by Gasteiger charge is 2.33. The normalized spacial score (nSPS) is 20.8. The monoisotopic (exact) mass is 218 g/mol. The summed E-state index contributed by atoms with van der Waals surface area (Å²) in [7, 11) is 0. The Hall–Kier alpha value is -0.0900. The van der Waals surface area contributed by atoms with Crippen molar-refractivity contribution >= 4 is 22.9 Å². The molecule has 1 aromatic heterocycles. The Kier molecular flexibility index (Phi) is 2.60. The van der Waals surface area contributed by atoms with Crippen molar-refractivity contribution in [3.63, 3.8) is 0 Å². The largest absolute Gasteiger partial charge is 0.344 e. The van der Waals surface area contributed by atoms with Gasteiger partial charge in [0.2, 0.25) is 0 Å². The molecule has 72 valence electrons. The highest BCUT2D eigenvalue weighted by Crippen LogP contribution is 2.33. The molecular weight excluding hydrogens is 208 g/mol. The average Bonchev–Trinajstić information content (AvgIpc) is 2.72. The number of hydrogen-bond donors (Lipinski definition) is 0. The van der Waals surface area contributed by atoms with Crippen molar-refractivity contribution in [1.29, 1.82) is 0 Å². The lowest BCUT2D eigenvalue weighted by Crippen LogP contribution is -2.21. The molecule has 4 heteroatoms. The minimum Gasteiger partial charge on any atom is -0.344 e. The van der Waals surface area contributed by atoms with Crippen LogP contribution in [0.5, 0.6) is 0 Å². The fourth-order valence-electron chi connectivity index (χ4n) is 1.37. The second-order valence-electron chi connectivity index (χ2n) is 3.08. The molecule has 2 heterocycles. The van der Waals surface area contributed by atoms with Crippen LogP contribution in [0, 0.1) is 0 Å². The Morgan fingerprint density at radius 2 is 2.23 bits per heavy atom. The predicted octanol–water partition coefficient (Wildman–Crippen LogP) is 2.71. The Balaban J connectivity index is 2.23. The van der Waals surface area contributed by atoms with Gasteiger partial charge in [-0.3, -0.25) is 0 Å². The molecule has 0 amide bonds. The van der Waals surface area contributed by atoms with Gasteiger partial charge in [0.15, 0.2) is 5.79 Å². The number of rotatable bonds is 2. The Labute approximate surface area is 86.4 Å². The maximum Gasteiger partial charge on any atom is 0.192 e. The molecular formula is C9H11ClO2S. The van der Waals surface area contributed by atoms with E-state index in [0.717, 1.165) is 10.4 Å². The zero-order valence-corrected chi connectivity index (χ0v) is 8.95. The van der Waals surface area contributed by atoms with E-state index >= 15 is 0 Å². The van der Waals surface area contributed by atoms with Crippen LogP contribution in [0.2, 0.25) is 0 Å². The van der Waals surface area contributed by atoms with Crippen molar-refractivity contribution in [2.24, 2.45) is 0 Å². The molecule has 0 aliphatic carbocycles. The summed E-state index contributed by atoms with van der Waals surface area (Å²) in [4.78, 5) is 1.15. The molecule has 0 spiro atoms. The lowest BCUT2D eigenvalue weighted by atomic mass is 10.1. The summed E-state index contributed by atoms with van der Waals surface area (Å²) < 4.78 is 11.1. The Bertz CT molecular complexity index is 292. The molecule has 0 N–H and O–H groups in total. The van der Waals surface area contributed by atoms with Gasteiger partial charge in [-0.2, -0.15) is 0 Å². The minimum absolute atomic E-state index is 0.541. The third-order valence-electron chi connectivity index (χ3n) is 2.15. The van der Waals surface area contributed by atoms with Crippen LogP contribution in [0.3, 0.4) is 0 Å². The maximum absolute atomic E-state index is 5.72. The van der Waals surface area contributed by atoms with E-state index in [1.807, 2.05) is 18.4 Å². The summed E-state index contributed by atoms with van der Waals surface area (Å²) in [5.41, 5.74) is 1.07. The van der Waals surface area contributed by atoms with Gasteiger partial charge in [0.1, 0.15) is 0 Å². The van der Waals surface area contributed by atoms with Gasteiger partial charge in [-0.25, -0.2) is 0 Å². The second kappa shape index (κ2) is 3.58. The van der Waals surface area contributed by atoms with Crippen molar-refractivity contribution in [3.8, 4) is 0 Å². The molecule has 1 fully saturated rings. The van der Waals surface area contributed by atoms with Gasteiger partial charge in [0.05, 0.1) is 19.1 Å². The van der Waals surface area contributed by atoms with Crippen molar-refractivity contribution < 1.29 is 9.47 Å². The molecule has 2 rings (SSSR count). The number of alkyl halides is 1. The van der Waals surface area contributed by atoms with E-state index in [0.29, 0.717) is 19.1 Å². The predicted molar refractivity (Wildman–Crippen MR) is 53.1 cm³/mol. The summed E-state index contributed by atoms with van der Waals surface area (Å²) >= 11 is 7.36. The fraction of sp³-hybridized carbons (Fsp3) is 0.556. The number of hydrogen-bond acceptors (Lipinski definition) is 3. The number of ether oxygens (including phenoxy) is 2. The van der Waals surface area contributed by atoms with E-state index in [1.54, 1.807) is 11.3 Å². The van der Waals surface area contributed by atoms with E-state index in [9.17, 15) is 0 Å². The zero-order valence-electron chi connectivity index (χ0n) is 7.38. The van der Waals surface area contributed by atoms with Gasteiger partial charge in [0, 0.05) is 10.4 Å². The third-order valence-corrected chi connectivity index (χ3v) is 3.53. The van der Waals surface area contributed by atoms with Crippen molar-refractivity contribution in [2.75, 3.05) is 13.2 Å². The second-order valence-corrected chi connectivity index (χ2v) is 4.34. The summed E-state index contributed by atoms with van der Waals surface area (Å²) in [6.45, 7) is 3.28. The topological polar surface area (TPSA) is 18.5 Å². The van der Waals surface area contributed by atoms with Crippen LogP contribution in [0.4, 0.5) is 0 Å². The van der Waals surface area contributed by atoms with Crippen LogP contribution in [0.25, 0.3) is 0 Å². The van der Waals surface area contributed by atoms with Crippen LogP contribution >= 0.6 is 22.9 Å². The Morgan fingerprint density at radius 3 is 2.77 bits per heavy atom. The summed E-state index contributed by atoms with van der Waals surface area (Å²) in [6.07, 6.45) is 0. The van der Waals surface area contributed by atoms with Crippen molar-refractivity contribution in [3.05, 3.63) is 21.9 Å². The smallest absolute Gasteiger partial charge is 0.192 e. The molecule has 13 heavy (non-hydrogen) atoms. The molecule has 0 saturated carbocycles. The highest BCUT2D eigenvalue weighted by molar-refractivity contribution is 7.10. The molecule has 0 bridgehead atoms. The van der Waals surface area contributed by atoms with Crippen LogP contribution in [-0.4, -0.2) is 13.2 Å². The van der Waals surface area contributed by atoms with Gasteiger partial charge >= 0.3 is 0 Å². The quantitative estimate of drug-likeness (QED) is 0.711. The average molecular weight is 219 g/mol. The lowest BCUT2D eigenvalue weighted by Gasteiger charge is -2.20. The SMILES string of the molecule is CC1(c2csc(CCl)c2)OCCO1. The third kappa shape index (κ3) is 1.74. The number of thiophene rings is 1. The Morgan fingerprint density at radius 1 is 1.54 bits per heavy atom. The number of halogens is 1. The first kappa shape index (κ1) is 9.46. The van der Waals surface area contributed by atoms with Gasteiger partial charge in [0.25, 0.3) is 0 Å². The van der Waals surface area contributed by atoms with E-state index in [2.05, 4.69) is 0 Å². The fourth-order valence-corrected chi connectivity index (χ4v) is 2.45. The van der Waals surface area contributed by atoms with Crippen LogP contribution in [-0.2, 0) is 21.1 Å². The van der Waals surface area contributed by atoms with E-state index in [4.69, 9.17) is 21.1 Å². The van der Waals surface area contributed by atoms with Crippen molar-refractivity contribution in [1.82, 2.24) is 0 Å². The minimum atomic E-state index is -0.541. The van der Waals surface area contributed by atoms with E-state index < -0.39 is 5.79 Å². The maximum atomic E-state index is 5.72. The molecule has 0 radical (unpaired) electrons. The van der Waals surface area contributed by atoms with Gasteiger partial charge < -0.3 is 9.47 Å². The van der Waals surface area contributed by atoms with Gasteiger partial charge in [-0.1, -0.05) is 0 Å². The summed E-state index contributed by atoms with van der Waals surface area (Å²) in [6, 6.07) is 2.04. The van der Waals surface area contributed by atoms with Crippen LogP contribution in [0.1, 0.15) is 17.4 Å². The molecule has 1 aliphatic rings. The molecule has 1 aromatic rings. The first-order valence-electron chi connectivity index (χ1n) is 4.16. The first-order chi connectivity index (χ1) is 6.24. The van der Waals surface area contributed by atoms with Crippen LogP contribution in [0.15, 0.2) is 11.4 Å². The van der Waals surface area contributed by atoms with E-state index in [-0.39, 0.29) is 0 Å². The molecule has 1 aliphatic heterocycles. The molecule has 0 unspecified atom stereocenters. The standard InChI is InChI=1S/C9H11ClO2S/c1-9(11-2-3-12-9)7-4-8(5-10)13-6-7/h4,6H,2-3,5H2,1H3. The van der Waals surface area contributed by atoms with Crippen LogP contribution < -0.4 is 0 Å². The molecule has 0 aromatic carbocycles. The zero-order chi connectivity index (χ0) is 9.31. The summed E-state index contributed by atoms with van der Waals surface area (Å²) in [5, 5.41) is 2.04. The molecule has 2 nitrogen and oxygen atoms in total. The lowest BCUT2D eigenvalue weighted by molar-refractivity contribution is -0.149. The molecule has 1 saturated heterocycles. The highest BCUT2D eigenvalue weighted by atomic mass is 35.5. The van der Waals surface area contributed by atoms with Crippen molar-refractivity contribution in [2.45, 2.75) is 18.6 Å². The van der Waals surface area contributed by atoms with E-state index in [1.165, 1.54) is 0 Å². The first-order valence-corrected chi connectivity index (χ1v) is 5.58. The van der Waals surface area contributed by atoms with Gasteiger partial charge in [-0.15, -0.1) is 22.9 Å².